The van der Waals surface area contributed by atoms with Crippen LogP contribution >= 0.6 is 23.2 Å². The molecule has 0 aliphatic carbocycles. The Balaban J connectivity index is 2.21. The number of non-ortho nitro benzene ring substituents is 1. The Morgan fingerprint density at radius 1 is 1.19 bits per heavy atom. The average molecular weight is 329 g/mol. The zero-order valence-corrected chi connectivity index (χ0v) is 12.5. The lowest BCUT2D eigenvalue weighted by molar-refractivity contribution is -0.384. The van der Waals surface area contributed by atoms with E-state index in [1.165, 1.54) is 30.3 Å². The van der Waals surface area contributed by atoms with Crippen LogP contribution in [0, 0.1) is 15.9 Å². The lowest BCUT2D eigenvalue weighted by Crippen LogP contribution is -2.07. The molecule has 0 amide bonds. The van der Waals surface area contributed by atoms with Crippen molar-refractivity contribution in [1.82, 2.24) is 0 Å². The predicted molar refractivity (Wildman–Crippen MR) is 81.6 cm³/mol. The summed E-state index contributed by atoms with van der Waals surface area (Å²) in [6.07, 6.45) is 0. The average Bonchev–Trinajstić information content (AvgIpc) is 2.43. The zero-order chi connectivity index (χ0) is 15.6. The first kappa shape index (κ1) is 15.5. The van der Waals surface area contributed by atoms with E-state index in [4.69, 9.17) is 23.2 Å². The fraction of sp³-hybridized carbons (Fsp3) is 0.143. The summed E-state index contributed by atoms with van der Waals surface area (Å²) < 4.78 is 13.1. The maximum atomic E-state index is 13.1. The van der Waals surface area contributed by atoms with Crippen LogP contribution in [0.5, 0.6) is 0 Å². The highest BCUT2D eigenvalue weighted by Crippen LogP contribution is 2.30. The summed E-state index contributed by atoms with van der Waals surface area (Å²) in [4.78, 5) is 10.1. The van der Waals surface area contributed by atoms with Crippen LogP contribution in [-0.4, -0.2) is 4.92 Å². The number of nitro benzene ring substituents is 1. The van der Waals surface area contributed by atoms with Gasteiger partial charge in [-0.3, -0.25) is 10.1 Å². The number of anilines is 1. The summed E-state index contributed by atoms with van der Waals surface area (Å²) in [5, 5.41) is 14.0. The molecule has 0 bridgehead atoms. The molecule has 2 rings (SSSR count). The molecule has 2 aromatic rings. The highest BCUT2D eigenvalue weighted by molar-refractivity contribution is 6.33. The monoisotopic (exact) mass is 328 g/mol. The van der Waals surface area contributed by atoms with Crippen molar-refractivity contribution in [3.05, 3.63) is 67.9 Å². The molecule has 21 heavy (non-hydrogen) atoms. The van der Waals surface area contributed by atoms with Crippen LogP contribution in [0.3, 0.4) is 0 Å². The summed E-state index contributed by atoms with van der Waals surface area (Å²) in [6.45, 7) is 1.85. The molecule has 110 valence electrons. The Morgan fingerprint density at radius 3 is 2.48 bits per heavy atom. The van der Waals surface area contributed by atoms with Gasteiger partial charge in [0.15, 0.2) is 0 Å². The minimum atomic E-state index is -0.515. The van der Waals surface area contributed by atoms with Gasteiger partial charge in [-0.15, -0.1) is 0 Å². The molecule has 0 radical (unpaired) electrons. The van der Waals surface area contributed by atoms with Crippen molar-refractivity contribution < 1.29 is 9.31 Å². The molecule has 0 aliphatic heterocycles. The van der Waals surface area contributed by atoms with Gasteiger partial charge in [0.25, 0.3) is 5.69 Å². The third-order valence-electron chi connectivity index (χ3n) is 2.98. The molecule has 0 fully saturated rings. The zero-order valence-electron chi connectivity index (χ0n) is 10.9. The number of hydrogen-bond acceptors (Lipinski definition) is 3. The molecular formula is C14H11Cl2FN2O2. The number of nitrogens with zero attached hydrogens (tertiary/aromatic N) is 1. The summed E-state index contributed by atoms with van der Waals surface area (Å²) in [6, 6.07) is 8.39. The van der Waals surface area contributed by atoms with Gasteiger partial charge in [0, 0.05) is 18.2 Å². The molecule has 2 aromatic carbocycles. The number of rotatable bonds is 4. The van der Waals surface area contributed by atoms with E-state index >= 15 is 0 Å². The van der Waals surface area contributed by atoms with E-state index in [9.17, 15) is 14.5 Å². The first-order chi connectivity index (χ1) is 9.88. The molecule has 0 aliphatic rings. The van der Waals surface area contributed by atoms with E-state index in [1.807, 2.05) is 6.92 Å². The van der Waals surface area contributed by atoms with E-state index in [1.54, 1.807) is 6.07 Å². The largest absolute Gasteiger partial charge is 0.377 e. The quantitative estimate of drug-likeness (QED) is 0.618. The van der Waals surface area contributed by atoms with Gasteiger partial charge in [0.1, 0.15) is 5.82 Å². The maximum absolute atomic E-state index is 13.1. The SMILES string of the molecule is CC(Nc1ccc([N+](=O)[O-])cc1Cl)c1ccc(F)c(Cl)c1. The van der Waals surface area contributed by atoms with Crippen molar-refractivity contribution in [2.24, 2.45) is 0 Å². The molecule has 1 N–H and O–H groups in total. The van der Waals surface area contributed by atoms with E-state index in [0.717, 1.165) is 5.56 Å². The Labute approximate surface area is 130 Å². The molecule has 0 spiro atoms. The first-order valence-electron chi connectivity index (χ1n) is 6.04. The van der Waals surface area contributed by atoms with Crippen LogP contribution < -0.4 is 5.32 Å². The van der Waals surface area contributed by atoms with Crippen molar-refractivity contribution >= 4 is 34.6 Å². The van der Waals surface area contributed by atoms with Crippen LogP contribution in [0.15, 0.2) is 36.4 Å². The molecule has 0 aromatic heterocycles. The molecule has 7 heteroatoms. The van der Waals surface area contributed by atoms with Crippen LogP contribution in [0.4, 0.5) is 15.8 Å². The molecule has 1 atom stereocenters. The van der Waals surface area contributed by atoms with E-state index < -0.39 is 10.7 Å². The van der Waals surface area contributed by atoms with E-state index in [-0.39, 0.29) is 21.8 Å². The van der Waals surface area contributed by atoms with Crippen LogP contribution in [0.25, 0.3) is 0 Å². The fourth-order valence-electron chi connectivity index (χ4n) is 1.83. The van der Waals surface area contributed by atoms with Gasteiger partial charge in [-0.2, -0.15) is 0 Å². The normalized spacial score (nSPS) is 12.0. The Hall–Kier alpha value is -1.85. The van der Waals surface area contributed by atoms with Crippen LogP contribution in [-0.2, 0) is 0 Å². The standard InChI is InChI=1S/C14H11Cl2FN2O2/c1-8(9-2-4-13(17)11(15)6-9)18-14-5-3-10(19(20)21)7-12(14)16/h2-8,18H,1H3. The molecule has 1 unspecified atom stereocenters. The van der Waals surface area contributed by atoms with Gasteiger partial charge in [-0.1, -0.05) is 29.3 Å². The van der Waals surface area contributed by atoms with Gasteiger partial charge in [-0.05, 0) is 30.7 Å². The van der Waals surface area contributed by atoms with Crippen molar-refractivity contribution in [3.8, 4) is 0 Å². The number of benzene rings is 2. The maximum Gasteiger partial charge on any atom is 0.271 e. The number of halogens is 3. The van der Waals surface area contributed by atoms with Gasteiger partial charge in [0.05, 0.1) is 20.7 Å². The second-order valence-corrected chi connectivity index (χ2v) is 5.28. The van der Waals surface area contributed by atoms with Gasteiger partial charge in [0.2, 0.25) is 0 Å². The van der Waals surface area contributed by atoms with Gasteiger partial charge >= 0.3 is 0 Å². The van der Waals surface area contributed by atoms with Crippen molar-refractivity contribution in [1.29, 1.82) is 0 Å². The first-order valence-corrected chi connectivity index (χ1v) is 6.79. The highest BCUT2D eigenvalue weighted by atomic mass is 35.5. The Kier molecular flexibility index (Phi) is 4.65. The van der Waals surface area contributed by atoms with E-state index in [0.29, 0.717) is 5.69 Å². The van der Waals surface area contributed by atoms with E-state index in [2.05, 4.69) is 5.32 Å². The minimum Gasteiger partial charge on any atom is -0.377 e. The lowest BCUT2D eigenvalue weighted by atomic mass is 10.1. The third kappa shape index (κ3) is 3.62. The van der Waals surface area contributed by atoms with Crippen molar-refractivity contribution in [2.45, 2.75) is 13.0 Å². The molecular weight excluding hydrogens is 318 g/mol. The number of nitrogens with one attached hydrogen (secondary N) is 1. The topological polar surface area (TPSA) is 55.2 Å². The predicted octanol–water partition coefficient (Wildman–Crippen LogP) is 5.21. The Morgan fingerprint density at radius 2 is 1.90 bits per heavy atom. The third-order valence-corrected chi connectivity index (χ3v) is 3.58. The molecule has 0 saturated carbocycles. The molecule has 4 nitrogen and oxygen atoms in total. The Bertz CT molecular complexity index is 695. The lowest BCUT2D eigenvalue weighted by Gasteiger charge is -2.17. The van der Waals surface area contributed by atoms with Crippen molar-refractivity contribution in [3.63, 3.8) is 0 Å². The summed E-state index contributed by atoms with van der Waals surface area (Å²) >= 11 is 11.8. The second-order valence-electron chi connectivity index (χ2n) is 4.46. The summed E-state index contributed by atoms with van der Waals surface area (Å²) in [5.41, 5.74) is 1.24. The van der Waals surface area contributed by atoms with Crippen molar-refractivity contribution in [2.75, 3.05) is 5.32 Å². The molecule has 0 saturated heterocycles. The number of nitro groups is 1. The molecule has 0 heterocycles. The fourth-order valence-corrected chi connectivity index (χ4v) is 2.25. The van der Waals surface area contributed by atoms with Crippen LogP contribution in [0.2, 0.25) is 10.0 Å². The van der Waals surface area contributed by atoms with Crippen LogP contribution in [0.1, 0.15) is 18.5 Å². The van der Waals surface area contributed by atoms with Gasteiger partial charge < -0.3 is 5.32 Å². The minimum absolute atomic E-state index is 0.0379. The smallest absolute Gasteiger partial charge is 0.271 e. The second kappa shape index (κ2) is 6.28. The highest BCUT2D eigenvalue weighted by Gasteiger charge is 2.13. The van der Waals surface area contributed by atoms with Gasteiger partial charge in [-0.25, -0.2) is 4.39 Å². The summed E-state index contributed by atoms with van der Waals surface area (Å²) in [7, 11) is 0. The number of hydrogen-bond donors (Lipinski definition) is 1. The summed E-state index contributed by atoms with van der Waals surface area (Å²) in [5.74, 6) is -0.485.